The van der Waals surface area contributed by atoms with Gasteiger partial charge in [0.15, 0.2) is 5.82 Å². The van der Waals surface area contributed by atoms with Crippen LogP contribution in [0.5, 0.6) is 0 Å². The molecule has 3 aromatic rings. The van der Waals surface area contributed by atoms with Crippen LogP contribution in [0, 0.1) is 0 Å². The van der Waals surface area contributed by atoms with Crippen LogP contribution >= 0.6 is 0 Å². The van der Waals surface area contributed by atoms with Gasteiger partial charge in [0.25, 0.3) is 5.91 Å². The van der Waals surface area contributed by atoms with Crippen molar-refractivity contribution in [1.82, 2.24) is 29.8 Å². The normalized spacial score (nSPS) is 10.8. The monoisotopic (exact) mass is 336 g/mol. The highest BCUT2D eigenvalue weighted by Crippen LogP contribution is 2.17. The number of hydrogen-bond donors (Lipinski definition) is 1. The summed E-state index contributed by atoms with van der Waals surface area (Å²) in [5.41, 5.74) is 1.38. The Morgan fingerprint density at radius 1 is 1.12 bits per heavy atom. The van der Waals surface area contributed by atoms with E-state index in [9.17, 15) is 4.79 Å². The molecule has 0 atom stereocenters. The van der Waals surface area contributed by atoms with E-state index in [0.29, 0.717) is 18.7 Å². The highest BCUT2D eigenvalue weighted by atomic mass is 16.1. The number of carbonyl (C=O) groups excluding carboxylic acids is 1. The lowest BCUT2D eigenvalue weighted by atomic mass is 10.2. The second-order valence-electron chi connectivity index (χ2n) is 5.89. The van der Waals surface area contributed by atoms with E-state index in [1.807, 2.05) is 16.8 Å². The number of nitrogens with one attached hydrogen (secondary N) is 1. The van der Waals surface area contributed by atoms with Crippen molar-refractivity contribution in [1.29, 1.82) is 0 Å². The second kappa shape index (κ2) is 7.65. The van der Waals surface area contributed by atoms with Gasteiger partial charge in [-0.2, -0.15) is 0 Å². The summed E-state index contributed by atoms with van der Waals surface area (Å²) >= 11 is 0. The maximum atomic E-state index is 12.1. The molecule has 128 valence electrons. The number of rotatable bonds is 6. The van der Waals surface area contributed by atoms with Gasteiger partial charge in [0.1, 0.15) is 11.5 Å². The van der Waals surface area contributed by atoms with Gasteiger partial charge in [0, 0.05) is 55.6 Å². The summed E-state index contributed by atoms with van der Waals surface area (Å²) in [4.78, 5) is 29.2. The van der Waals surface area contributed by atoms with Gasteiger partial charge in [-0.25, -0.2) is 15.0 Å². The Bertz CT molecular complexity index is 844. The maximum Gasteiger partial charge on any atom is 0.251 e. The summed E-state index contributed by atoms with van der Waals surface area (Å²) < 4.78 is 1.97. The first-order valence-electron chi connectivity index (χ1n) is 8.18. The first kappa shape index (κ1) is 16.8. The minimum atomic E-state index is -0.117. The molecule has 3 heterocycles. The summed E-state index contributed by atoms with van der Waals surface area (Å²) in [7, 11) is 0. The van der Waals surface area contributed by atoms with Gasteiger partial charge in [-0.15, -0.1) is 0 Å². The number of imidazole rings is 1. The lowest BCUT2D eigenvalue weighted by molar-refractivity contribution is 0.0952. The third-order valence-electron chi connectivity index (χ3n) is 3.72. The summed E-state index contributed by atoms with van der Waals surface area (Å²) in [5, 5.41) is 2.90. The molecule has 0 unspecified atom stereocenters. The smallest absolute Gasteiger partial charge is 0.251 e. The van der Waals surface area contributed by atoms with Crippen LogP contribution in [0.4, 0.5) is 0 Å². The van der Waals surface area contributed by atoms with Gasteiger partial charge < -0.3 is 9.88 Å². The van der Waals surface area contributed by atoms with Crippen molar-refractivity contribution in [2.45, 2.75) is 26.3 Å². The van der Waals surface area contributed by atoms with E-state index in [-0.39, 0.29) is 11.8 Å². The topological polar surface area (TPSA) is 85.6 Å². The zero-order valence-electron chi connectivity index (χ0n) is 14.3. The summed E-state index contributed by atoms with van der Waals surface area (Å²) in [6.45, 7) is 5.21. The number of carbonyl (C=O) groups is 1. The van der Waals surface area contributed by atoms with E-state index >= 15 is 0 Å². The Labute approximate surface area is 146 Å². The SMILES string of the molecule is CC(C)c1nccc(-c2nccn2CCNC(=O)c2ccncc2)n1. The first-order valence-corrected chi connectivity index (χ1v) is 8.18. The summed E-state index contributed by atoms with van der Waals surface area (Å²) in [6.07, 6.45) is 8.57. The van der Waals surface area contributed by atoms with Crippen LogP contribution < -0.4 is 5.32 Å². The molecule has 25 heavy (non-hydrogen) atoms. The molecule has 0 aliphatic heterocycles. The number of amides is 1. The molecule has 3 aromatic heterocycles. The Kier molecular flexibility index (Phi) is 5.13. The van der Waals surface area contributed by atoms with Crippen LogP contribution in [0.25, 0.3) is 11.5 Å². The molecule has 0 saturated heterocycles. The highest BCUT2D eigenvalue weighted by molar-refractivity contribution is 5.93. The third kappa shape index (κ3) is 4.06. The van der Waals surface area contributed by atoms with E-state index in [2.05, 4.69) is 39.1 Å². The Morgan fingerprint density at radius 3 is 2.68 bits per heavy atom. The van der Waals surface area contributed by atoms with Crippen molar-refractivity contribution in [3.63, 3.8) is 0 Å². The Morgan fingerprint density at radius 2 is 1.92 bits per heavy atom. The molecule has 3 rings (SSSR count). The standard InChI is InChI=1S/C18H20N6O/c1-13(2)16-20-8-5-15(23-16)17-21-9-11-24(17)12-10-22-18(25)14-3-6-19-7-4-14/h3-9,11,13H,10,12H2,1-2H3,(H,22,25). The molecule has 0 aromatic carbocycles. The molecule has 0 spiro atoms. The summed E-state index contributed by atoms with van der Waals surface area (Å²) in [5.74, 6) is 1.69. The van der Waals surface area contributed by atoms with Crippen molar-refractivity contribution in [2.24, 2.45) is 0 Å². The second-order valence-corrected chi connectivity index (χ2v) is 5.89. The molecule has 1 N–H and O–H groups in total. The Hall–Kier alpha value is -3.09. The predicted molar refractivity (Wildman–Crippen MR) is 93.9 cm³/mol. The molecule has 0 radical (unpaired) electrons. The fourth-order valence-corrected chi connectivity index (χ4v) is 2.39. The van der Waals surface area contributed by atoms with Gasteiger partial charge in [0.2, 0.25) is 0 Å². The van der Waals surface area contributed by atoms with E-state index in [1.54, 1.807) is 36.9 Å². The van der Waals surface area contributed by atoms with Crippen LogP contribution in [0.3, 0.4) is 0 Å². The lowest BCUT2D eigenvalue weighted by Crippen LogP contribution is -2.27. The van der Waals surface area contributed by atoms with Crippen LogP contribution in [0.2, 0.25) is 0 Å². The van der Waals surface area contributed by atoms with Crippen molar-refractivity contribution >= 4 is 5.91 Å². The molecule has 7 nitrogen and oxygen atoms in total. The number of hydrogen-bond acceptors (Lipinski definition) is 5. The average molecular weight is 336 g/mol. The molecule has 0 aliphatic rings. The fourth-order valence-electron chi connectivity index (χ4n) is 2.39. The van der Waals surface area contributed by atoms with E-state index in [4.69, 9.17) is 0 Å². The third-order valence-corrected chi connectivity index (χ3v) is 3.72. The number of aromatic nitrogens is 5. The largest absolute Gasteiger partial charge is 0.350 e. The molecular weight excluding hydrogens is 316 g/mol. The first-order chi connectivity index (χ1) is 12.1. The van der Waals surface area contributed by atoms with Crippen LogP contribution in [-0.2, 0) is 6.54 Å². The molecular formula is C18H20N6O. The Balaban J connectivity index is 1.66. The maximum absolute atomic E-state index is 12.1. The molecule has 1 amide bonds. The van der Waals surface area contributed by atoms with Crippen LogP contribution in [-0.4, -0.2) is 37.0 Å². The minimum Gasteiger partial charge on any atom is -0.350 e. The van der Waals surface area contributed by atoms with E-state index in [0.717, 1.165) is 17.3 Å². The van der Waals surface area contributed by atoms with Crippen molar-refractivity contribution in [3.05, 3.63) is 60.6 Å². The van der Waals surface area contributed by atoms with Crippen molar-refractivity contribution < 1.29 is 4.79 Å². The zero-order valence-corrected chi connectivity index (χ0v) is 14.3. The van der Waals surface area contributed by atoms with Gasteiger partial charge in [0.05, 0.1) is 0 Å². The van der Waals surface area contributed by atoms with Crippen molar-refractivity contribution in [2.75, 3.05) is 6.54 Å². The summed E-state index contributed by atoms with van der Waals surface area (Å²) in [6, 6.07) is 5.22. The highest BCUT2D eigenvalue weighted by Gasteiger charge is 2.11. The van der Waals surface area contributed by atoms with Gasteiger partial charge in [-0.1, -0.05) is 13.8 Å². The van der Waals surface area contributed by atoms with E-state index < -0.39 is 0 Å². The van der Waals surface area contributed by atoms with Crippen LogP contribution in [0.15, 0.2) is 49.2 Å². The molecule has 0 aliphatic carbocycles. The molecule has 0 bridgehead atoms. The molecule has 0 saturated carbocycles. The van der Waals surface area contributed by atoms with E-state index in [1.165, 1.54) is 0 Å². The van der Waals surface area contributed by atoms with Gasteiger partial charge in [-0.05, 0) is 18.2 Å². The van der Waals surface area contributed by atoms with Gasteiger partial charge in [-0.3, -0.25) is 9.78 Å². The zero-order chi connectivity index (χ0) is 17.6. The quantitative estimate of drug-likeness (QED) is 0.746. The number of pyridine rings is 1. The van der Waals surface area contributed by atoms with Crippen molar-refractivity contribution in [3.8, 4) is 11.5 Å². The fraction of sp³-hybridized carbons (Fsp3) is 0.278. The van der Waals surface area contributed by atoms with Crippen LogP contribution in [0.1, 0.15) is 35.9 Å². The molecule has 7 heteroatoms. The average Bonchev–Trinajstić information content (AvgIpc) is 3.11. The molecule has 0 fully saturated rings. The van der Waals surface area contributed by atoms with Gasteiger partial charge >= 0.3 is 0 Å². The number of nitrogens with zero attached hydrogens (tertiary/aromatic N) is 5. The predicted octanol–water partition coefficient (Wildman–Crippen LogP) is 2.29. The minimum absolute atomic E-state index is 0.117. The lowest BCUT2D eigenvalue weighted by Gasteiger charge is -2.10.